The summed E-state index contributed by atoms with van der Waals surface area (Å²) in [6.45, 7) is 11.1. The summed E-state index contributed by atoms with van der Waals surface area (Å²) in [5.74, 6) is 1.40. The maximum atomic E-state index is 5.74. The zero-order valence-corrected chi connectivity index (χ0v) is 10.0. The number of hydrogen-bond acceptors (Lipinski definition) is 2. The van der Waals surface area contributed by atoms with Crippen molar-refractivity contribution in [3.8, 4) is 0 Å². The van der Waals surface area contributed by atoms with Gasteiger partial charge in [-0.1, -0.05) is 27.7 Å². The minimum atomic E-state index is 0.466. The molecule has 1 aliphatic rings. The zero-order valence-electron chi connectivity index (χ0n) is 10.0. The Morgan fingerprint density at radius 3 is 2.57 bits per heavy atom. The molecule has 1 N–H and O–H groups in total. The van der Waals surface area contributed by atoms with Gasteiger partial charge in [-0.2, -0.15) is 0 Å². The maximum absolute atomic E-state index is 5.74. The maximum Gasteiger partial charge on any atom is 0.0612 e. The number of ether oxygens (including phenoxy) is 1. The van der Waals surface area contributed by atoms with E-state index in [9.17, 15) is 0 Å². The van der Waals surface area contributed by atoms with Crippen LogP contribution in [0.15, 0.2) is 0 Å². The highest BCUT2D eigenvalue weighted by atomic mass is 16.5. The fraction of sp³-hybridized carbons (Fsp3) is 1.00. The molecule has 1 saturated heterocycles. The highest BCUT2D eigenvalue weighted by molar-refractivity contribution is 4.78. The topological polar surface area (TPSA) is 21.3 Å². The summed E-state index contributed by atoms with van der Waals surface area (Å²) in [6.07, 6.45) is 2.83. The average molecular weight is 199 g/mol. The number of nitrogens with one attached hydrogen (secondary N) is 1. The van der Waals surface area contributed by atoms with E-state index < -0.39 is 0 Å². The standard InChI is InChI=1S/C12H25NO/c1-9(2)8-13-11-5-6-14-12(7-11)10(3)4/h9-13H,5-8H2,1-4H3. The lowest BCUT2D eigenvalue weighted by molar-refractivity contribution is -0.0246. The van der Waals surface area contributed by atoms with Crippen LogP contribution in [0, 0.1) is 11.8 Å². The lowest BCUT2D eigenvalue weighted by Gasteiger charge is -2.32. The highest BCUT2D eigenvalue weighted by Crippen LogP contribution is 2.20. The van der Waals surface area contributed by atoms with E-state index in [-0.39, 0.29) is 0 Å². The molecule has 0 saturated carbocycles. The van der Waals surface area contributed by atoms with Crippen LogP contribution in [0.5, 0.6) is 0 Å². The van der Waals surface area contributed by atoms with Crippen molar-refractivity contribution in [3.05, 3.63) is 0 Å². The van der Waals surface area contributed by atoms with Gasteiger partial charge in [0.2, 0.25) is 0 Å². The van der Waals surface area contributed by atoms with Crippen LogP contribution in [-0.4, -0.2) is 25.3 Å². The molecule has 2 nitrogen and oxygen atoms in total. The van der Waals surface area contributed by atoms with E-state index in [0.717, 1.165) is 19.1 Å². The molecule has 2 atom stereocenters. The summed E-state index contributed by atoms with van der Waals surface area (Å²) in [7, 11) is 0. The van der Waals surface area contributed by atoms with Crippen LogP contribution in [0.2, 0.25) is 0 Å². The average Bonchev–Trinajstić information content (AvgIpc) is 2.15. The van der Waals surface area contributed by atoms with Crippen LogP contribution >= 0.6 is 0 Å². The lowest BCUT2D eigenvalue weighted by atomic mass is 9.95. The van der Waals surface area contributed by atoms with Gasteiger partial charge in [0, 0.05) is 12.6 Å². The quantitative estimate of drug-likeness (QED) is 0.751. The Morgan fingerprint density at radius 1 is 1.29 bits per heavy atom. The van der Waals surface area contributed by atoms with Gasteiger partial charge in [0.25, 0.3) is 0 Å². The van der Waals surface area contributed by atoms with Gasteiger partial charge < -0.3 is 10.1 Å². The smallest absolute Gasteiger partial charge is 0.0612 e. The van der Waals surface area contributed by atoms with Crippen LogP contribution in [-0.2, 0) is 4.74 Å². The number of rotatable bonds is 4. The molecule has 1 heterocycles. The van der Waals surface area contributed by atoms with Gasteiger partial charge in [-0.25, -0.2) is 0 Å². The molecule has 14 heavy (non-hydrogen) atoms. The summed E-state index contributed by atoms with van der Waals surface area (Å²) in [5, 5.41) is 3.63. The van der Waals surface area contributed by atoms with Gasteiger partial charge in [0.1, 0.15) is 0 Å². The van der Waals surface area contributed by atoms with E-state index in [0.29, 0.717) is 18.1 Å². The summed E-state index contributed by atoms with van der Waals surface area (Å²) in [4.78, 5) is 0. The molecule has 0 spiro atoms. The molecule has 0 aromatic carbocycles. The Morgan fingerprint density at radius 2 is 2.00 bits per heavy atom. The normalized spacial score (nSPS) is 28.7. The Kier molecular flexibility index (Phi) is 4.90. The fourth-order valence-electron chi connectivity index (χ4n) is 1.88. The molecular weight excluding hydrogens is 174 g/mol. The first-order valence-corrected chi connectivity index (χ1v) is 5.94. The Balaban J connectivity index is 2.25. The molecule has 0 radical (unpaired) electrons. The second kappa shape index (κ2) is 5.72. The first kappa shape index (κ1) is 12.0. The van der Waals surface area contributed by atoms with Crippen molar-refractivity contribution in [1.82, 2.24) is 5.32 Å². The minimum absolute atomic E-state index is 0.466. The number of hydrogen-bond donors (Lipinski definition) is 1. The molecule has 2 unspecified atom stereocenters. The van der Waals surface area contributed by atoms with Crippen LogP contribution in [0.3, 0.4) is 0 Å². The lowest BCUT2D eigenvalue weighted by Crippen LogP contribution is -2.42. The van der Waals surface area contributed by atoms with E-state index in [1.54, 1.807) is 0 Å². The summed E-state index contributed by atoms with van der Waals surface area (Å²) in [6, 6.07) is 0.679. The first-order chi connectivity index (χ1) is 6.59. The molecule has 0 bridgehead atoms. The molecule has 0 aromatic rings. The Labute approximate surface area is 88.4 Å². The third-order valence-corrected chi connectivity index (χ3v) is 2.87. The second-order valence-electron chi connectivity index (χ2n) is 5.18. The zero-order chi connectivity index (χ0) is 10.6. The van der Waals surface area contributed by atoms with Crippen molar-refractivity contribution in [2.24, 2.45) is 11.8 Å². The second-order valence-corrected chi connectivity index (χ2v) is 5.18. The first-order valence-electron chi connectivity index (χ1n) is 5.94. The van der Waals surface area contributed by atoms with Crippen LogP contribution < -0.4 is 5.32 Å². The Bertz CT molecular complexity index is 156. The monoisotopic (exact) mass is 199 g/mol. The summed E-state index contributed by atoms with van der Waals surface area (Å²) in [5.41, 5.74) is 0. The molecule has 2 heteroatoms. The van der Waals surface area contributed by atoms with E-state index in [1.807, 2.05) is 0 Å². The van der Waals surface area contributed by atoms with Gasteiger partial charge in [0.15, 0.2) is 0 Å². The largest absolute Gasteiger partial charge is 0.378 e. The minimum Gasteiger partial charge on any atom is -0.378 e. The van der Waals surface area contributed by atoms with Crippen molar-refractivity contribution in [2.45, 2.75) is 52.7 Å². The van der Waals surface area contributed by atoms with Crippen molar-refractivity contribution < 1.29 is 4.74 Å². The van der Waals surface area contributed by atoms with E-state index in [1.165, 1.54) is 12.8 Å². The SMILES string of the molecule is CC(C)CNC1CCOC(C(C)C)C1. The van der Waals surface area contributed by atoms with Crippen LogP contribution in [0.25, 0.3) is 0 Å². The van der Waals surface area contributed by atoms with Gasteiger partial charge in [-0.15, -0.1) is 0 Å². The third kappa shape index (κ3) is 3.97. The van der Waals surface area contributed by atoms with Crippen molar-refractivity contribution in [2.75, 3.05) is 13.2 Å². The fourth-order valence-corrected chi connectivity index (χ4v) is 1.88. The molecule has 1 fully saturated rings. The summed E-state index contributed by atoms with van der Waals surface area (Å²) < 4.78 is 5.74. The predicted molar refractivity (Wildman–Crippen MR) is 60.4 cm³/mol. The summed E-state index contributed by atoms with van der Waals surface area (Å²) >= 11 is 0. The van der Waals surface area contributed by atoms with E-state index in [2.05, 4.69) is 33.0 Å². The molecule has 0 amide bonds. The van der Waals surface area contributed by atoms with Gasteiger partial charge in [0.05, 0.1) is 6.10 Å². The molecule has 0 aromatic heterocycles. The molecule has 1 rings (SSSR count). The van der Waals surface area contributed by atoms with Crippen molar-refractivity contribution in [3.63, 3.8) is 0 Å². The molecule has 84 valence electrons. The van der Waals surface area contributed by atoms with Crippen LogP contribution in [0.4, 0.5) is 0 Å². The van der Waals surface area contributed by atoms with E-state index in [4.69, 9.17) is 4.74 Å². The molecular formula is C12H25NO. The Hall–Kier alpha value is -0.0800. The molecule has 0 aliphatic carbocycles. The predicted octanol–water partition coefficient (Wildman–Crippen LogP) is 2.44. The van der Waals surface area contributed by atoms with Gasteiger partial charge >= 0.3 is 0 Å². The van der Waals surface area contributed by atoms with E-state index >= 15 is 0 Å². The van der Waals surface area contributed by atoms with Crippen LogP contribution in [0.1, 0.15) is 40.5 Å². The molecule has 1 aliphatic heterocycles. The van der Waals surface area contributed by atoms with Gasteiger partial charge in [-0.05, 0) is 31.2 Å². The van der Waals surface area contributed by atoms with Gasteiger partial charge in [-0.3, -0.25) is 0 Å². The van der Waals surface area contributed by atoms with Crippen molar-refractivity contribution in [1.29, 1.82) is 0 Å². The third-order valence-electron chi connectivity index (χ3n) is 2.87. The van der Waals surface area contributed by atoms with Crippen molar-refractivity contribution >= 4 is 0 Å². The highest BCUT2D eigenvalue weighted by Gasteiger charge is 2.24.